The van der Waals surface area contributed by atoms with Gasteiger partial charge in [-0.3, -0.25) is 0 Å². The molecular weight excluding hydrogens is 697 g/mol. The summed E-state index contributed by atoms with van der Waals surface area (Å²) in [5, 5.41) is 5.47. The van der Waals surface area contributed by atoms with Crippen LogP contribution < -0.4 is 0 Å². The number of benzene rings is 8. The van der Waals surface area contributed by atoms with Gasteiger partial charge in [0.1, 0.15) is 11.2 Å². The number of para-hydroxylation sites is 2. The molecule has 11 aromatic rings. The normalized spacial score (nSPS) is 11.5. The first-order valence-electron chi connectivity index (χ1n) is 19.1. The Labute approximate surface area is 328 Å². The lowest BCUT2D eigenvalue weighted by Gasteiger charge is -2.15. The van der Waals surface area contributed by atoms with Crippen molar-refractivity contribution >= 4 is 43.6 Å². The lowest BCUT2D eigenvalue weighted by Crippen LogP contribution is -2.00. The molecule has 0 aliphatic carbocycles. The molecule has 0 bridgehead atoms. The molecule has 0 saturated heterocycles. The minimum absolute atomic E-state index is 0.600. The summed E-state index contributed by atoms with van der Waals surface area (Å²) in [6.45, 7) is 0. The number of fused-ring (bicyclic) bond motifs is 7. The molecule has 0 aliphatic heterocycles. The third-order valence-corrected chi connectivity index (χ3v) is 10.7. The highest BCUT2D eigenvalue weighted by molar-refractivity contribution is 6.29. The fourth-order valence-electron chi connectivity index (χ4n) is 8.00. The first-order valence-corrected chi connectivity index (χ1v) is 19.1. The molecule has 0 N–H and O–H groups in total. The molecule has 0 amide bonds. The zero-order valence-electron chi connectivity index (χ0n) is 30.7. The Morgan fingerprint density at radius 2 is 0.825 bits per heavy atom. The molecule has 57 heavy (non-hydrogen) atoms. The maximum absolute atomic E-state index is 6.40. The maximum Gasteiger partial charge on any atom is 0.164 e. The van der Waals surface area contributed by atoms with Crippen LogP contribution in [0.25, 0.3) is 111 Å². The van der Waals surface area contributed by atoms with Crippen LogP contribution in [0.3, 0.4) is 0 Å². The topological polar surface area (TPSA) is 64.7 Å². The summed E-state index contributed by atoms with van der Waals surface area (Å²) in [5.41, 5.74) is 11.7. The summed E-state index contributed by atoms with van der Waals surface area (Å²) >= 11 is 0. The Bertz CT molecular complexity index is 3270. The number of hydrogen-bond donors (Lipinski definition) is 0. The first-order chi connectivity index (χ1) is 28.2. The summed E-state index contributed by atoms with van der Waals surface area (Å²) < 4.78 is 6.40. The van der Waals surface area contributed by atoms with E-state index in [-0.39, 0.29) is 0 Å². The van der Waals surface area contributed by atoms with Crippen molar-refractivity contribution in [2.24, 2.45) is 0 Å². The summed E-state index contributed by atoms with van der Waals surface area (Å²) in [5.74, 6) is 1.84. The molecule has 5 heteroatoms. The van der Waals surface area contributed by atoms with Gasteiger partial charge in [0, 0.05) is 54.7 Å². The monoisotopic (exact) mass is 728 g/mol. The van der Waals surface area contributed by atoms with Crippen LogP contribution in [0.1, 0.15) is 0 Å². The van der Waals surface area contributed by atoms with E-state index in [9.17, 15) is 0 Å². The number of aromatic nitrogens is 4. The average Bonchev–Trinajstić information content (AvgIpc) is 3.68. The van der Waals surface area contributed by atoms with Crippen molar-refractivity contribution in [2.75, 3.05) is 0 Å². The fourth-order valence-corrected chi connectivity index (χ4v) is 8.00. The van der Waals surface area contributed by atoms with Crippen molar-refractivity contribution in [3.8, 4) is 67.7 Å². The molecule has 11 rings (SSSR count). The Morgan fingerprint density at radius 3 is 1.56 bits per heavy atom. The number of pyridine rings is 1. The van der Waals surface area contributed by atoms with Gasteiger partial charge in [0.25, 0.3) is 0 Å². The van der Waals surface area contributed by atoms with Gasteiger partial charge >= 0.3 is 0 Å². The third-order valence-electron chi connectivity index (χ3n) is 10.7. The molecule has 0 fully saturated rings. The van der Waals surface area contributed by atoms with Gasteiger partial charge in [-0.15, -0.1) is 0 Å². The van der Waals surface area contributed by atoms with Crippen molar-refractivity contribution in [3.63, 3.8) is 0 Å². The molecule has 0 radical (unpaired) electrons. The van der Waals surface area contributed by atoms with Crippen molar-refractivity contribution in [3.05, 3.63) is 194 Å². The Morgan fingerprint density at radius 1 is 0.298 bits per heavy atom. The molecule has 0 saturated carbocycles. The average molecular weight is 729 g/mol. The predicted molar refractivity (Wildman–Crippen MR) is 233 cm³/mol. The number of furan rings is 1. The van der Waals surface area contributed by atoms with E-state index in [1.165, 1.54) is 0 Å². The van der Waals surface area contributed by atoms with Gasteiger partial charge in [0.15, 0.2) is 17.5 Å². The lowest BCUT2D eigenvalue weighted by atomic mass is 9.93. The highest BCUT2D eigenvalue weighted by Gasteiger charge is 2.20. The Balaban J connectivity index is 1.10. The van der Waals surface area contributed by atoms with E-state index in [1.807, 2.05) is 54.6 Å². The summed E-state index contributed by atoms with van der Waals surface area (Å²) in [6, 6.07) is 66.8. The van der Waals surface area contributed by atoms with E-state index < -0.39 is 0 Å². The smallest absolute Gasteiger partial charge is 0.164 e. The van der Waals surface area contributed by atoms with Crippen molar-refractivity contribution in [2.45, 2.75) is 0 Å². The third kappa shape index (κ3) is 5.72. The lowest BCUT2D eigenvalue weighted by molar-refractivity contribution is 0.669. The number of hydrogen-bond acceptors (Lipinski definition) is 5. The van der Waals surface area contributed by atoms with Crippen LogP contribution in [-0.2, 0) is 0 Å². The van der Waals surface area contributed by atoms with E-state index >= 15 is 0 Å². The second kappa shape index (κ2) is 13.5. The van der Waals surface area contributed by atoms with Gasteiger partial charge in [-0.2, -0.15) is 0 Å². The van der Waals surface area contributed by atoms with Gasteiger partial charge in [-0.25, -0.2) is 19.9 Å². The Hall–Kier alpha value is -7.76. The van der Waals surface area contributed by atoms with Crippen molar-refractivity contribution in [1.29, 1.82) is 0 Å². The fraction of sp³-hybridized carbons (Fsp3) is 0. The molecule has 5 nitrogen and oxygen atoms in total. The highest BCUT2D eigenvalue weighted by atomic mass is 16.3. The van der Waals surface area contributed by atoms with Crippen LogP contribution in [0.4, 0.5) is 0 Å². The molecule has 0 atom stereocenters. The highest BCUT2D eigenvalue weighted by Crippen LogP contribution is 2.43. The van der Waals surface area contributed by atoms with E-state index in [1.54, 1.807) is 0 Å². The van der Waals surface area contributed by atoms with Crippen molar-refractivity contribution in [1.82, 2.24) is 19.9 Å². The van der Waals surface area contributed by atoms with Crippen LogP contribution in [-0.4, -0.2) is 19.9 Å². The van der Waals surface area contributed by atoms with Gasteiger partial charge < -0.3 is 4.42 Å². The minimum atomic E-state index is 0.600. The Kier molecular flexibility index (Phi) is 7.74. The van der Waals surface area contributed by atoms with Gasteiger partial charge in [-0.05, 0) is 41.0 Å². The second-order valence-corrected chi connectivity index (χ2v) is 14.2. The number of rotatable bonds is 6. The van der Waals surface area contributed by atoms with E-state index in [0.29, 0.717) is 17.5 Å². The number of nitrogens with zero attached hydrogens (tertiary/aromatic N) is 4. The van der Waals surface area contributed by atoms with Crippen LogP contribution in [0, 0.1) is 0 Å². The molecule has 0 spiro atoms. The minimum Gasteiger partial charge on any atom is -0.456 e. The molecule has 8 aromatic carbocycles. The molecular formula is C52H32N4O. The molecule has 266 valence electrons. The summed E-state index contributed by atoms with van der Waals surface area (Å²) in [6.07, 6.45) is 0. The van der Waals surface area contributed by atoms with Gasteiger partial charge in [0.05, 0.1) is 11.2 Å². The second-order valence-electron chi connectivity index (χ2n) is 14.2. The molecule has 3 aromatic heterocycles. The SMILES string of the molecule is c1ccc(-c2ccc(-c3nc(-c4ccccc4)nc(-c4cccc(-c5cccc6c5nc(-c5ccccc5)c5ccc7oc8ccccc8c7c56)c4)n3)cc2)cc1. The maximum atomic E-state index is 6.40. The van der Waals surface area contributed by atoms with Gasteiger partial charge in [-0.1, -0.05) is 170 Å². The van der Waals surface area contributed by atoms with Crippen LogP contribution >= 0.6 is 0 Å². The summed E-state index contributed by atoms with van der Waals surface area (Å²) in [4.78, 5) is 20.6. The summed E-state index contributed by atoms with van der Waals surface area (Å²) in [7, 11) is 0. The zero-order valence-corrected chi connectivity index (χ0v) is 30.7. The first kappa shape index (κ1) is 32.7. The van der Waals surface area contributed by atoms with E-state index in [0.717, 1.165) is 93.8 Å². The van der Waals surface area contributed by atoms with Gasteiger partial charge in [0.2, 0.25) is 0 Å². The standard InChI is InChI=1S/C52H32N4O/c1-4-14-33(15-5-1)34-26-28-37(29-27-34)51-54-50(36-18-8-3-9-19-36)55-52(56-51)39-21-12-20-38(32-39)40-23-13-24-42-46-43(48(53-49(40)42)35-16-6-2-7-17-35)30-31-45-47(46)41-22-10-11-25-44(41)57-45/h1-32H. The molecule has 3 heterocycles. The van der Waals surface area contributed by atoms with Crippen LogP contribution in [0.5, 0.6) is 0 Å². The van der Waals surface area contributed by atoms with Crippen molar-refractivity contribution < 1.29 is 4.42 Å². The largest absolute Gasteiger partial charge is 0.456 e. The van der Waals surface area contributed by atoms with Crippen LogP contribution in [0.2, 0.25) is 0 Å². The van der Waals surface area contributed by atoms with Crippen LogP contribution in [0.15, 0.2) is 199 Å². The molecule has 0 aliphatic rings. The predicted octanol–water partition coefficient (Wildman–Crippen LogP) is 13.5. The van der Waals surface area contributed by atoms with E-state index in [2.05, 4.69) is 140 Å². The van der Waals surface area contributed by atoms with E-state index in [4.69, 9.17) is 24.4 Å². The quantitative estimate of drug-likeness (QED) is 0.160. The zero-order chi connectivity index (χ0) is 37.7. The molecule has 0 unspecified atom stereocenters.